The average Bonchev–Trinajstić information content (AvgIpc) is 3.21. The summed E-state index contributed by atoms with van der Waals surface area (Å²) in [4.78, 5) is 24.3. The normalized spacial score (nSPS) is 10.4. The van der Waals surface area contributed by atoms with E-state index in [9.17, 15) is 14.0 Å². The van der Waals surface area contributed by atoms with Gasteiger partial charge in [-0.25, -0.2) is 4.39 Å². The van der Waals surface area contributed by atoms with E-state index in [2.05, 4.69) is 20.8 Å². The molecule has 2 amide bonds. The molecular weight excluding hydrogens is 443 g/mol. The molecule has 3 aromatic rings. The van der Waals surface area contributed by atoms with Crippen LogP contribution in [0.3, 0.4) is 0 Å². The number of ether oxygens (including phenoxy) is 2. The van der Waals surface area contributed by atoms with Crippen LogP contribution in [0.1, 0.15) is 5.56 Å². The van der Waals surface area contributed by atoms with Crippen molar-refractivity contribution < 1.29 is 23.5 Å². The maximum atomic E-state index is 12.9. The van der Waals surface area contributed by atoms with Crippen LogP contribution >= 0.6 is 23.1 Å². The Morgan fingerprint density at radius 1 is 1.00 bits per heavy atom. The third kappa shape index (κ3) is 6.66. The fraction of sp³-hybridized carbons (Fsp3) is 0.200. The largest absolute Gasteiger partial charge is 0.493 e. The maximum Gasteiger partial charge on any atom is 0.234 e. The van der Waals surface area contributed by atoms with Crippen LogP contribution in [0.5, 0.6) is 11.5 Å². The van der Waals surface area contributed by atoms with E-state index in [0.29, 0.717) is 32.2 Å². The van der Waals surface area contributed by atoms with Gasteiger partial charge in [0, 0.05) is 11.8 Å². The summed E-state index contributed by atoms with van der Waals surface area (Å²) in [5.41, 5.74) is 1.26. The van der Waals surface area contributed by atoms with Gasteiger partial charge in [0.05, 0.1) is 26.4 Å². The van der Waals surface area contributed by atoms with E-state index in [1.54, 1.807) is 30.3 Å². The van der Waals surface area contributed by atoms with Gasteiger partial charge in [0.2, 0.25) is 16.9 Å². The Hall–Kier alpha value is -3.18. The number of nitrogens with zero attached hydrogens (tertiary/aromatic N) is 2. The van der Waals surface area contributed by atoms with E-state index < -0.39 is 0 Å². The summed E-state index contributed by atoms with van der Waals surface area (Å²) in [6, 6.07) is 10.8. The molecule has 1 aromatic heterocycles. The summed E-state index contributed by atoms with van der Waals surface area (Å²) < 4.78 is 23.9. The van der Waals surface area contributed by atoms with E-state index >= 15 is 0 Å². The van der Waals surface area contributed by atoms with Gasteiger partial charge in [0.1, 0.15) is 5.82 Å². The first-order chi connectivity index (χ1) is 15.0. The minimum Gasteiger partial charge on any atom is -0.493 e. The zero-order valence-electron chi connectivity index (χ0n) is 16.7. The lowest BCUT2D eigenvalue weighted by Gasteiger charge is -2.10. The first kappa shape index (κ1) is 22.5. The molecule has 2 N–H and O–H groups in total. The van der Waals surface area contributed by atoms with Crippen LogP contribution in [0.25, 0.3) is 0 Å². The van der Waals surface area contributed by atoms with Crippen molar-refractivity contribution in [2.75, 3.05) is 30.6 Å². The predicted octanol–water partition coefficient (Wildman–Crippen LogP) is 3.61. The van der Waals surface area contributed by atoms with Crippen LogP contribution in [0.15, 0.2) is 46.8 Å². The topological polar surface area (TPSA) is 102 Å². The molecule has 0 saturated carbocycles. The first-order valence-electron chi connectivity index (χ1n) is 8.99. The number of nitrogens with one attached hydrogen (secondary N) is 2. The molecule has 0 atom stereocenters. The first-order valence-corrected chi connectivity index (χ1v) is 10.8. The van der Waals surface area contributed by atoms with Crippen molar-refractivity contribution in [3.63, 3.8) is 0 Å². The number of carbonyl (C=O) groups is 2. The zero-order chi connectivity index (χ0) is 22.2. The van der Waals surface area contributed by atoms with Crippen molar-refractivity contribution >= 4 is 45.7 Å². The Morgan fingerprint density at radius 2 is 1.74 bits per heavy atom. The highest BCUT2D eigenvalue weighted by Crippen LogP contribution is 2.30. The molecular formula is C20H19FN4O4S2. The summed E-state index contributed by atoms with van der Waals surface area (Å²) in [7, 11) is 3.05. The van der Waals surface area contributed by atoms with Gasteiger partial charge in [-0.1, -0.05) is 35.2 Å². The summed E-state index contributed by atoms with van der Waals surface area (Å²) in [5, 5.41) is 13.6. The van der Waals surface area contributed by atoms with Crippen LogP contribution in [0.2, 0.25) is 0 Å². The second kappa shape index (κ2) is 10.7. The minimum absolute atomic E-state index is 0.0933. The SMILES string of the molecule is COc1ccc(NC(=O)CSc2nnc(NC(=O)Cc3ccc(F)cc3)s2)cc1OC. The second-order valence-corrected chi connectivity index (χ2v) is 8.33. The number of anilines is 2. The maximum absolute atomic E-state index is 12.9. The van der Waals surface area contributed by atoms with Crippen LogP contribution in [-0.4, -0.2) is 42.0 Å². The monoisotopic (exact) mass is 462 g/mol. The smallest absolute Gasteiger partial charge is 0.234 e. The molecule has 0 aliphatic carbocycles. The Bertz CT molecular complexity index is 1060. The van der Waals surface area contributed by atoms with Crippen molar-refractivity contribution in [3.05, 3.63) is 53.8 Å². The van der Waals surface area contributed by atoms with Gasteiger partial charge >= 0.3 is 0 Å². The number of hydrogen-bond acceptors (Lipinski definition) is 8. The van der Waals surface area contributed by atoms with Crippen LogP contribution < -0.4 is 20.1 Å². The molecule has 0 spiro atoms. The Labute approximate surface area is 186 Å². The number of methoxy groups -OCH3 is 2. The molecule has 0 aliphatic rings. The summed E-state index contributed by atoms with van der Waals surface area (Å²) in [5.74, 6) is 0.327. The third-order valence-corrected chi connectivity index (χ3v) is 5.90. The predicted molar refractivity (Wildman–Crippen MR) is 118 cm³/mol. The van der Waals surface area contributed by atoms with Gasteiger partial charge in [0.15, 0.2) is 15.8 Å². The molecule has 0 saturated heterocycles. The van der Waals surface area contributed by atoms with E-state index in [-0.39, 0.29) is 29.8 Å². The Balaban J connectivity index is 1.47. The highest BCUT2D eigenvalue weighted by Gasteiger charge is 2.12. The van der Waals surface area contributed by atoms with E-state index in [0.717, 1.165) is 0 Å². The molecule has 11 heteroatoms. The molecule has 0 fully saturated rings. The van der Waals surface area contributed by atoms with Gasteiger partial charge < -0.3 is 20.1 Å². The summed E-state index contributed by atoms with van der Waals surface area (Å²) in [6.45, 7) is 0. The van der Waals surface area contributed by atoms with Crippen molar-refractivity contribution in [2.45, 2.75) is 10.8 Å². The highest BCUT2D eigenvalue weighted by molar-refractivity contribution is 8.01. The van der Waals surface area contributed by atoms with E-state index in [1.165, 1.54) is 49.5 Å². The van der Waals surface area contributed by atoms with Crippen LogP contribution in [0.4, 0.5) is 15.2 Å². The zero-order valence-corrected chi connectivity index (χ0v) is 18.3. The van der Waals surface area contributed by atoms with Gasteiger partial charge in [-0.2, -0.15) is 0 Å². The van der Waals surface area contributed by atoms with Crippen LogP contribution in [0, 0.1) is 5.82 Å². The average molecular weight is 463 g/mol. The number of rotatable bonds is 9. The minimum atomic E-state index is -0.356. The number of hydrogen-bond donors (Lipinski definition) is 2. The number of halogens is 1. The lowest BCUT2D eigenvalue weighted by Crippen LogP contribution is -2.14. The number of aromatic nitrogens is 2. The quantitative estimate of drug-likeness (QED) is 0.370. The van der Waals surface area contributed by atoms with Gasteiger partial charge in [-0.3, -0.25) is 9.59 Å². The highest BCUT2D eigenvalue weighted by atomic mass is 32.2. The third-order valence-electron chi connectivity index (χ3n) is 3.92. The second-order valence-electron chi connectivity index (χ2n) is 6.13. The molecule has 2 aromatic carbocycles. The number of amides is 2. The fourth-order valence-electron chi connectivity index (χ4n) is 2.51. The van der Waals surface area contributed by atoms with E-state index in [1.807, 2.05) is 0 Å². The van der Waals surface area contributed by atoms with Crippen LogP contribution in [-0.2, 0) is 16.0 Å². The summed E-state index contributed by atoms with van der Waals surface area (Å²) >= 11 is 2.37. The molecule has 31 heavy (non-hydrogen) atoms. The van der Waals surface area contributed by atoms with Crippen molar-refractivity contribution in [1.82, 2.24) is 10.2 Å². The Morgan fingerprint density at radius 3 is 2.45 bits per heavy atom. The molecule has 0 unspecified atom stereocenters. The molecule has 0 radical (unpaired) electrons. The molecule has 1 heterocycles. The molecule has 3 rings (SSSR count). The van der Waals surface area contributed by atoms with Gasteiger partial charge in [-0.05, 0) is 29.8 Å². The molecule has 0 aliphatic heterocycles. The summed E-state index contributed by atoms with van der Waals surface area (Å²) in [6.07, 6.45) is 0.0933. The fourth-order valence-corrected chi connectivity index (χ4v) is 4.08. The number of benzene rings is 2. The number of thioether (sulfide) groups is 1. The molecule has 0 bridgehead atoms. The Kier molecular flexibility index (Phi) is 7.79. The van der Waals surface area contributed by atoms with Crippen molar-refractivity contribution in [1.29, 1.82) is 0 Å². The standard InChI is InChI=1S/C20H19FN4O4S2/c1-28-15-8-7-14(10-16(15)29-2)22-18(27)11-30-20-25-24-19(31-20)23-17(26)9-12-3-5-13(21)6-4-12/h3-8,10H,9,11H2,1-2H3,(H,22,27)(H,23,24,26). The van der Waals surface area contributed by atoms with Gasteiger partial charge in [-0.15, -0.1) is 10.2 Å². The lowest BCUT2D eigenvalue weighted by molar-refractivity contribution is -0.115. The lowest BCUT2D eigenvalue weighted by atomic mass is 10.1. The van der Waals surface area contributed by atoms with Crippen molar-refractivity contribution in [2.24, 2.45) is 0 Å². The van der Waals surface area contributed by atoms with Crippen molar-refractivity contribution in [3.8, 4) is 11.5 Å². The number of carbonyl (C=O) groups excluding carboxylic acids is 2. The van der Waals surface area contributed by atoms with Gasteiger partial charge in [0.25, 0.3) is 0 Å². The molecule has 162 valence electrons. The molecule has 8 nitrogen and oxygen atoms in total. The van der Waals surface area contributed by atoms with E-state index in [4.69, 9.17) is 9.47 Å².